The molecular formula is C32H23F3N6O3. The van der Waals surface area contributed by atoms with Gasteiger partial charge in [-0.25, -0.2) is 9.07 Å². The maximum Gasteiger partial charge on any atom is 0.323 e. The van der Waals surface area contributed by atoms with E-state index in [9.17, 15) is 14.3 Å². The van der Waals surface area contributed by atoms with E-state index in [4.69, 9.17) is 4.74 Å². The number of alkyl halides is 2. The molecule has 0 saturated heterocycles. The number of nitrogens with zero attached hydrogens (tertiary/aromatic N) is 5. The highest BCUT2D eigenvalue weighted by molar-refractivity contribution is 5.93. The van der Waals surface area contributed by atoms with Crippen LogP contribution in [0.25, 0.3) is 11.4 Å². The summed E-state index contributed by atoms with van der Waals surface area (Å²) in [5.41, 5.74) is -1.21. The number of carbonyl (C=O) groups is 1. The molecule has 12 heteroatoms. The minimum Gasteiger partial charge on any atom is -0.489 e. The number of carbonyl (C=O) groups excluding carboxylic acids is 1. The van der Waals surface area contributed by atoms with Gasteiger partial charge in [0.2, 0.25) is 0 Å². The largest absolute Gasteiger partial charge is 0.489 e. The van der Waals surface area contributed by atoms with Crippen molar-refractivity contribution < 1.29 is 27.8 Å². The molecule has 6 rings (SSSR count). The molecule has 1 aliphatic heterocycles. The summed E-state index contributed by atoms with van der Waals surface area (Å²) < 4.78 is 52.6. The molecule has 0 fully saturated rings. The number of halogens is 3. The van der Waals surface area contributed by atoms with Crippen molar-refractivity contribution in [3.8, 4) is 29.0 Å². The molecule has 0 radical (unpaired) electrons. The Labute approximate surface area is 249 Å². The number of hydrogen-bond acceptors (Lipinski definition) is 7. The van der Waals surface area contributed by atoms with Crippen molar-refractivity contribution in [3.63, 3.8) is 0 Å². The van der Waals surface area contributed by atoms with E-state index in [0.717, 1.165) is 34.5 Å². The van der Waals surface area contributed by atoms with Crippen molar-refractivity contribution in [1.29, 1.82) is 0 Å². The van der Waals surface area contributed by atoms with Crippen molar-refractivity contribution >= 4 is 5.91 Å². The maximum atomic E-state index is 15.9. The van der Waals surface area contributed by atoms with Crippen LogP contribution in [0, 0.1) is 17.7 Å². The average molecular weight is 597 g/mol. The topological polar surface area (TPSA) is 115 Å². The normalized spacial score (nSPS) is 15.4. The van der Waals surface area contributed by atoms with Crippen molar-refractivity contribution in [2.75, 3.05) is 7.05 Å². The van der Waals surface area contributed by atoms with Crippen LogP contribution in [0.4, 0.5) is 13.2 Å². The Kier molecular flexibility index (Phi) is 7.32. The first-order chi connectivity index (χ1) is 21.2. The van der Waals surface area contributed by atoms with Crippen LogP contribution in [0.1, 0.15) is 38.3 Å². The standard InChI is InChI=1S/C32H23F3N6O3/c1-36-30(42)23-9-4-22(5-10-23)18-44-25-12-6-20(7-13-25)2-3-21-8-15-28(37-17-21)32(34,35)31(43)19-41-29(38-39-40-41)26-16-24(33)11-14-27(26)31/h4-17,43H,18-19H2,1H3,(H,36,42). The van der Waals surface area contributed by atoms with Crippen molar-refractivity contribution in [3.05, 3.63) is 124 Å². The molecule has 220 valence electrons. The van der Waals surface area contributed by atoms with Gasteiger partial charge in [0.15, 0.2) is 11.4 Å². The Balaban J connectivity index is 1.14. The number of pyridine rings is 1. The lowest BCUT2D eigenvalue weighted by Gasteiger charge is -2.39. The van der Waals surface area contributed by atoms with E-state index >= 15 is 8.78 Å². The van der Waals surface area contributed by atoms with Gasteiger partial charge in [-0.1, -0.05) is 30.0 Å². The quantitative estimate of drug-likeness (QED) is 0.282. The van der Waals surface area contributed by atoms with Gasteiger partial charge in [-0.2, -0.15) is 8.78 Å². The smallest absolute Gasteiger partial charge is 0.323 e. The third-order valence-electron chi connectivity index (χ3n) is 7.24. The molecule has 1 amide bonds. The molecule has 3 heterocycles. The molecule has 0 saturated carbocycles. The highest BCUT2D eigenvalue weighted by Crippen LogP contribution is 2.50. The molecule has 0 spiro atoms. The Hall–Kier alpha value is -5.54. The summed E-state index contributed by atoms with van der Waals surface area (Å²) in [7, 11) is 1.57. The zero-order valence-electron chi connectivity index (χ0n) is 23.1. The number of fused-ring (bicyclic) bond motifs is 3. The van der Waals surface area contributed by atoms with Crippen LogP contribution < -0.4 is 10.1 Å². The fourth-order valence-corrected chi connectivity index (χ4v) is 4.84. The first-order valence-corrected chi connectivity index (χ1v) is 13.4. The number of aromatic nitrogens is 5. The van der Waals surface area contributed by atoms with Crippen molar-refractivity contribution in [1.82, 2.24) is 30.5 Å². The molecule has 1 unspecified atom stereocenters. The number of ether oxygens (including phenoxy) is 1. The van der Waals surface area contributed by atoms with Crippen molar-refractivity contribution in [2.24, 2.45) is 0 Å². The minimum absolute atomic E-state index is 0.0288. The fourth-order valence-electron chi connectivity index (χ4n) is 4.84. The van der Waals surface area contributed by atoms with E-state index in [1.54, 1.807) is 43.4 Å². The molecule has 0 aliphatic carbocycles. The van der Waals surface area contributed by atoms with Gasteiger partial charge < -0.3 is 15.2 Å². The van der Waals surface area contributed by atoms with E-state index in [2.05, 4.69) is 37.7 Å². The van der Waals surface area contributed by atoms with Gasteiger partial charge in [-0.3, -0.25) is 9.78 Å². The Bertz CT molecular complexity index is 1900. The van der Waals surface area contributed by atoms with Crippen LogP contribution in [-0.4, -0.2) is 43.3 Å². The van der Waals surface area contributed by atoms with E-state index < -0.39 is 29.6 Å². The summed E-state index contributed by atoms with van der Waals surface area (Å²) in [5, 5.41) is 24.9. The third kappa shape index (κ3) is 5.25. The van der Waals surface area contributed by atoms with Gasteiger partial charge >= 0.3 is 5.92 Å². The molecule has 2 N–H and O–H groups in total. The number of amides is 1. The number of nitrogens with one attached hydrogen (secondary N) is 1. The molecule has 2 aromatic heterocycles. The van der Waals surface area contributed by atoms with Gasteiger partial charge in [0.1, 0.15) is 23.9 Å². The Morgan fingerprint density at radius 1 is 1.05 bits per heavy atom. The van der Waals surface area contributed by atoms with Crippen LogP contribution in [0.2, 0.25) is 0 Å². The van der Waals surface area contributed by atoms with E-state index in [1.807, 2.05) is 12.1 Å². The zero-order chi connectivity index (χ0) is 30.9. The van der Waals surface area contributed by atoms with Gasteiger partial charge in [0.25, 0.3) is 5.91 Å². The summed E-state index contributed by atoms with van der Waals surface area (Å²) in [4.78, 5) is 15.6. The summed E-state index contributed by atoms with van der Waals surface area (Å²) in [6.07, 6.45) is 1.20. The van der Waals surface area contributed by atoms with Gasteiger partial charge in [-0.15, -0.1) is 5.10 Å². The molecule has 44 heavy (non-hydrogen) atoms. The van der Waals surface area contributed by atoms with Crippen molar-refractivity contribution in [2.45, 2.75) is 24.7 Å². The zero-order valence-corrected chi connectivity index (χ0v) is 23.1. The second-order valence-corrected chi connectivity index (χ2v) is 10.1. The third-order valence-corrected chi connectivity index (χ3v) is 7.24. The maximum absolute atomic E-state index is 15.9. The number of hydrogen-bond donors (Lipinski definition) is 2. The summed E-state index contributed by atoms with van der Waals surface area (Å²) in [6, 6.07) is 19.7. The minimum atomic E-state index is -3.89. The second-order valence-electron chi connectivity index (χ2n) is 10.1. The van der Waals surface area contributed by atoms with E-state index in [1.165, 1.54) is 12.3 Å². The highest BCUT2D eigenvalue weighted by Gasteiger charge is 2.59. The summed E-state index contributed by atoms with van der Waals surface area (Å²) in [6.45, 7) is -0.343. The highest BCUT2D eigenvalue weighted by atomic mass is 19.3. The molecule has 3 aromatic carbocycles. The number of benzene rings is 3. The van der Waals surface area contributed by atoms with E-state index in [-0.39, 0.29) is 22.9 Å². The molecule has 5 aromatic rings. The monoisotopic (exact) mass is 596 g/mol. The predicted octanol–water partition coefficient (Wildman–Crippen LogP) is 4.21. The number of rotatable bonds is 6. The SMILES string of the molecule is CNC(=O)c1ccc(COc2ccc(C#Cc3ccc(C(F)(F)C4(O)Cn5nnnc5-c5cc(F)ccc54)nc3)cc2)cc1. The van der Waals surface area contributed by atoms with E-state index in [0.29, 0.717) is 29.0 Å². The van der Waals surface area contributed by atoms with Gasteiger partial charge in [0, 0.05) is 41.1 Å². The molecule has 1 atom stereocenters. The number of tetrazole rings is 1. The van der Waals surface area contributed by atoms with Crippen LogP contribution in [0.3, 0.4) is 0 Å². The van der Waals surface area contributed by atoms with Crippen LogP contribution >= 0.6 is 0 Å². The van der Waals surface area contributed by atoms with Crippen LogP contribution in [0.15, 0.2) is 85.1 Å². The first-order valence-electron chi connectivity index (χ1n) is 13.4. The van der Waals surface area contributed by atoms with Crippen LogP contribution in [0.5, 0.6) is 5.75 Å². The van der Waals surface area contributed by atoms with Crippen LogP contribution in [-0.2, 0) is 24.7 Å². The Morgan fingerprint density at radius 2 is 1.77 bits per heavy atom. The molecular weight excluding hydrogens is 573 g/mol. The van der Waals surface area contributed by atoms with Gasteiger partial charge in [0.05, 0.1) is 6.54 Å². The molecule has 1 aliphatic rings. The first kappa shape index (κ1) is 28.6. The molecule has 9 nitrogen and oxygen atoms in total. The summed E-state index contributed by atoms with van der Waals surface area (Å²) >= 11 is 0. The lowest BCUT2D eigenvalue weighted by molar-refractivity contribution is -0.207. The lowest BCUT2D eigenvalue weighted by Crippen LogP contribution is -2.49. The predicted molar refractivity (Wildman–Crippen MR) is 152 cm³/mol. The lowest BCUT2D eigenvalue weighted by atomic mass is 9.80. The second kappa shape index (κ2) is 11.3. The number of aliphatic hydroxyl groups is 1. The van der Waals surface area contributed by atoms with Gasteiger partial charge in [-0.05, 0) is 76.7 Å². The summed E-state index contributed by atoms with van der Waals surface area (Å²) in [5.74, 6) is 1.82. The fraction of sp³-hybridized carbons (Fsp3) is 0.156. The molecule has 0 bridgehead atoms. The average Bonchev–Trinajstić information content (AvgIpc) is 3.52. The Morgan fingerprint density at radius 3 is 2.48 bits per heavy atom.